The number of anilines is 1. The van der Waals surface area contributed by atoms with Crippen LogP contribution in [0.15, 0.2) is 23.2 Å². The van der Waals surface area contributed by atoms with Crippen molar-refractivity contribution in [3.8, 4) is 0 Å². The lowest BCUT2D eigenvalue weighted by Crippen LogP contribution is -2.57. The molecule has 2 saturated heterocycles. The predicted molar refractivity (Wildman–Crippen MR) is 122 cm³/mol. The van der Waals surface area contributed by atoms with Crippen LogP contribution in [0.25, 0.3) is 0 Å². The van der Waals surface area contributed by atoms with E-state index in [1.807, 2.05) is 30.9 Å². The van der Waals surface area contributed by atoms with Crippen LogP contribution >= 0.6 is 0 Å². The summed E-state index contributed by atoms with van der Waals surface area (Å²) < 4.78 is 0. The van der Waals surface area contributed by atoms with Crippen LogP contribution in [0.5, 0.6) is 0 Å². The normalized spacial score (nSPS) is 18.7. The van der Waals surface area contributed by atoms with E-state index in [0.717, 1.165) is 63.8 Å². The molecule has 2 aliphatic heterocycles. The smallest absolute Gasteiger partial charge is 0.239 e. The van der Waals surface area contributed by atoms with Gasteiger partial charge >= 0.3 is 0 Å². The Kier molecular flexibility index (Phi) is 8.22. The molecular formula is C22H35N7O2. The average molecular weight is 430 g/mol. The van der Waals surface area contributed by atoms with Crippen molar-refractivity contribution in [2.24, 2.45) is 4.99 Å². The number of hydrogen-bond donors (Lipinski definition) is 2. The van der Waals surface area contributed by atoms with E-state index in [1.54, 1.807) is 13.1 Å². The fourth-order valence-corrected chi connectivity index (χ4v) is 4.12. The lowest BCUT2D eigenvalue weighted by Gasteiger charge is -2.39. The summed E-state index contributed by atoms with van der Waals surface area (Å²) in [6, 6.07) is 5.47. The molecule has 2 N–H and O–H groups in total. The number of piperazine rings is 1. The summed E-state index contributed by atoms with van der Waals surface area (Å²) in [5, 5.41) is 6.10. The largest absolute Gasteiger partial charge is 0.356 e. The number of carbonyl (C=O) groups excluding carboxylic acids is 2. The number of guanidine groups is 1. The molecule has 9 heteroatoms. The van der Waals surface area contributed by atoms with E-state index in [1.165, 1.54) is 0 Å². The number of aryl methyl sites for hydroxylation is 1. The molecule has 1 aromatic heterocycles. The number of nitrogens with zero attached hydrogens (tertiary/aromatic N) is 5. The summed E-state index contributed by atoms with van der Waals surface area (Å²) in [6.45, 7) is 9.44. The summed E-state index contributed by atoms with van der Waals surface area (Å²) in [5.74, 6) is 1.53. The number of nitrogens with one attached hydrogen (secondary N) is 2. The third kappa shape index (κ3) is 6.40. The van der Waals surface area contributed by atoms with Gasteiger partial charge in [0.15, 0.2) is 5.96 Å². The highest BCUT2D eigenvalue weighted by Crippen LogP contribution is 2.14. The lowest BCUT2D eigenvalue weighted by molar-refractivity contribution is -0.135. The molecule has 0 bridgehead atoms. The van der Waals surface area contributed by atoms with Crippen LogP contribution in [0, 0.1) is 6.92 Å². The van der Waals surface area contributed by atoms with Crippen molar-refractivity contribution in [2.45, 2.75) is 39.2 Å². The molecule has 0 aliphatic carbocycles. The average Bonchev–Trinajstić information content (AvgIpc) is 3.31. The van der Waals surface area contributed by atoms with Crippen molar-refractivity contribution >= 4 is 23.6 Å². The molecule has 170 valence electrons. The summed E-state index contributed by atoms with van der Waals surface area (Å²) in [5.41, 5.74) is 0.868. The van der Waals surface area contributed by atoms with Gasteiger partial charge < -0.3 is 20.4 Å². The van der Waals surface area contributed by atoms with E-state index in [9.17, 15) is 9.59 Å². The highest BCUT2D eigenvalue weighted by Gasteiger charge is 2.30. The van der Waals surface area contributed by atoms with Gasteiger partial charge in [-0.25, -0.2) is 4.98 Å². The molecule has 3 rings (SSSR count). The van der Waals surface area contributed by atoms with Crippen LogP contribution in [0.3, 0.4) is 0 Å². The summed E-state index contributed by atoms with van der Waals surface area (Å²) >= 11 is 0. The molecule has 1 unspecified atom stereocenters. The predicted octanol–water partition coefficient (Wildman–Crippen LogP) is 0.923. The highest BCUT2D eigenvalue weighted by molar-refractivity contribution is 5.90. The quantitative estimate of drug-likeness (QED) is 0.516. The number of aromatic nitrogens is 1. The van der Waals surface area contributed by atoms with Crippen molar-refractivity contribution in [3.05, 3.63) is 23.9 Å². The van der Waals surface area contributed by atoms with E-state index < -0.39 is 0 Å². The van der Waals surface area contributed by atoms with E-state index >= 15 is 0 Å². The van der Waals surface area contributed by atoms with Crippen molar-refractivity contribution in [1.29, 1.82) is 0 Å². The second kappa shape index (κ2) is 11.1. The summed E-state index contributed by atoms with van der Waals surface area (Å²) in [4.78, 5) is 39.9. The molecule has 0 saturated carbocycles. The van der Waals surface area contributed by atoms with Crippen LogP contribution in [0.1, 0.15) is 31.9 Å². The first-order valence-electron chi connectivity index (χ1n) is 11.2. The third-order valence-corrected chi connectivity index (χ3v) is 5.94. The summed E-state index contributed by atoms with van der Waals surface area (Å²) in [6.07, 6.45) is 2.57. The van der Waals surface area contributed by atoms with Gasteiger partial charge in [-0.3, -0.25) is 19.5 Å². The SMILES string of the molecule is CN=C(NCCC(=O)Nc1cccc(C)n1)N1CCN(C(C)C(=O)N2CCCC2)CC1. The van der Waals surface area contributed by atoms with Crippen LogP contribution in [-0.4, -0.2) is 96.4 Å². The zero-order valence-corrected chi connectivity index (χ0v) is 18.9. The number of pyridine rings is 1. The minimum absolute atomic E-state index is 0.0749. The zero-order chi connectivity index (χ0) is 22.2. The van der Waals surface area contributed by atoms with Gasteiger partial charge in [0.25, 0.3) is 0 Å². The number of aliphatic imine (C=N–C) groups is 1. The van der Waals surface area contributed by atoms with Crippen molar-refractivity contribution in [3.63, 3.8) is 0 Å². The Morgan fingerprint density at radius 3 is 2.45 bits per heavy atom. The number of hydrogen-bond acceptors (Lipinski definition) is 5. The zero-order valence-electron chi connectivity index (χ0n) is 18.9. The second-order valence-corrected chi connectivity index (χ2v) is 8.17. The van der Waals surface area contributed by atoms with Crippen LogP contribution < -0.4 is 10.6 Å². The molecule has 9 nitrogen and oxygen atoms in total. The van der Waals surface area contributed by atoms with E-state index in [0.29, 0.717) is 18.8 Å². The summed E-state index contributed by atoms with van der Waals surface area (Å²) in [7, 11) is 1.75. The van der Waals surface area contributed by atoms with Crippen molar-refractivity contribution in [2.75, 3.05) is 58.2 Å². The minimum atomic E-state index is -0.0832. The van der Waals surface area contributed by atoms with Crippen LogP contribution in [-0.2, 0) is 9.59 Å². The van der Waals surface area contributed by atoms with Gasteiger partial charge in [-0.15, -0.1) is 0 Å². The maximum Gasteiger partial charge on any atom is 0.239 e. The minimum Gasteiger partial charge on any atom is -0.356 e. The first-order valence-corrected chi connectivity index (χ1v) is 11.2. The first kappa shape index (κ1) is 23.0. The Balaban J connectivity index is 1.39. The molecule has 3 heterocycles. The molecule has 1 aromatic rings. The molecule has 2 fully saturated rings. The Morgan fingerprint density at radius 2 is 1.81 bits per heavy atom. The second-order valence-electron chi connectivity index (χ2n) is 8.17. The van der Waals surface area contributed by atoms with Gasteiger partial charge in [-0.05, 0) is 38.8 Å². The maximum absolute atomic E-state index is 12.7. The Labute approximate surface area is 184 Å². The molecule has 2 amide bonds. The van der Waals surface area contributed by atoms with Crippen LogP contribution in [0.4, 0.5) is 5.82 Å². The molecule has 31 heavy (non-hydrogen) atoms. The number of rotatable bonds is 6. The van der Waals surface area contributed by atoms with Gasteiger partial charge in [0.2, 0.25) is 11.8 Å². The van der Waals surface area contributed by atoms with E-state index in [4.69, 9.17) is 0 Å². The molecule has 1 atom stereocenters. The Bertz CT molecular complexity index is 784. The fraction of sp³-hybridized carbons (Fsp3) is 0.636. The number of amides is 2. The van der Waals surface area contributed by atoms with E-state index in [-0.39, 0.29) is 17.9 Å². The van der Waals surface area contributed by atoms with Gasteiger partial charge in [0, 0.05) is 65.0 Å². The Hall–Kier alpha value is -2.68. The number of likely N-dealkylation sites (tertiary alicyclic amines) is 1. The maximum atomic E-state index is 12.7. The van der Waals surface area contributed by atoms with Crippen molar-refractivity contribution in [1.82, 2.24) is 25.0 Å². The number of carbonyl (C=O) groups is 2. The van der Waals surface area contributed by atoms with Crippen LogP contribution in [0.2, 0.25) is 0 Å². The molecule has 0 spiro atoms. The van der Waals surface area contributed by atoms with Gasteiger partial charge in [0.05, 0.1) is 6.04 Å². The highest BCUT2D eigenvalue weighted by atomic mass is 16.2. The van der Waals surface area contributed by atoms with E-state index in [2.05, 4.69) is 30.4 Å². The third-order valence-electron chi connectivity index (χ3n) is 5.94. The lowest BCUT2D eigenvalue weighted by atomic mass is 10.2. The molecular weight excluding hydrogens is 394 g/mol. The monoisotopic (exact) mass is 429 g/mol. The molecule has 2 aliphatic rings. The molecule has 0 radical (unpaired) electrons. The van der Waals surface area contributed by atoms with Gasteiger partial charge in [0.1, 0.15) is 5.82 Å². The van der Waals surface area contributed by atoms with Crippen molar-refractivity contribution < 1.29 is 9.59 Å². The standard InChI is InChI=1S/C22H35N7O2/c1-17-7-6-8-19(25-17)26-20(30)9-10-24-22(23-3)29-15-13-27(14-16-29)18(2)21(31)28-11-4-5-12-28/h6-8,18H,4-5,9-16H2,1-3H3,(H,23,24)(H,25,26,30). The Morgan fingerprint density at radius 1 is 1.10 bits per heavy atom. The molecule has 0 aromatic carbocycles. The topological polar surface area (TPSA) is 93.2 Å². The van der Waals surface area contributed by atoms with Gasteiger partial charge in [-0.2, -0.15) is 0 Å². The first-order chi connectivity index (χ1) is 15.0. The fourth-order valence-electron chi connectivity index (χ4n) is 4.12. The van der Waals surface area contributed by atoms with Gasteiger partial charge in [-0.1, -0.05) is 6.07 Å².